The van der Waals surface area contributed by atoms with E-state index in [2.05, 4.69) is 14.9 Å². The number of methoxy groups -OCH3 is 1. The third-order valence-electron chi connectivity index (χ3n) is 4.62. The Morgan fingerprint density at radius 3 is 2.67 bits per heavy atom. The minimum absolute atomic E-state index is 0.605. The monoisotopic (exact) mass is 440 g/mol. The van der Waals surface area contributed by atoms with E-state index in [0.717, 1.165) is 34.2 Å². The predicted molar refractivity (Wildman–Crippen MR) is 122 cm³/mol. The zero-order chi connectivity index (χ0) is 20.9. The first kappa shape index (κ1) is 20.4. The topological polar surface area (TPSA) is 65.1 Å². The van der Waals surface area contributed by atoms with Gasteiger partial charge in [0.2, 0.25) is 11.8 Å². The molecule has 2 heterocycles. The molecule has 0 unspecified atom stereocenters. The minimum atomic E-state index is 0.605. The molecule has 0 bridgehead atoms. The molecule has 0 spiro atoms. The Balaban J connectivity index is 1.60. The van der Waals surface area contributed by atoms with Crippen molar-refractivity contribution in [2.24, 2.45) is 0 Å². The maximum Gasteiger partial charge on any atom is 0.239 e. The Morgan fingerprint density at radius 2 is 1.93 bits per heavy atom. The molecule has 154 valence electrons. The van der Waals surface area contributed by atoms with Crippen LogP contribution in [0.1, 0.15) is 11.1 Å². The van der Waals surface area contributed by atoms with E-state index >= 15 is 0 Å². The van der Waals surface area contributed by atoms with Crippen LogP contribution in [0.3, 0.4) is 0 Å². The fraction of sp³-hybridized carbons (Fsp3) is 0.182. The first-order chi connectivity index (χ1) is 14.7. The SMILES string of the molecule is COc1cccc(C)c1-n1c(NSCCc2ccc(Cl)cc2)nnc1-c1ccco1. The van der Waals surface area contributed by atoms with E-state index in [1.54, 1.807) is 25.3 Å². The number of nitrogens with one attached hydrogen (secondary N) is 1. The van der Waals surface area contributed by atoms with Crippen LogP contribution in [0, 0.1) is 6.92 Å². The fourth-order valence-electron chi connectivity index (χ4n) is 3.15. The van der Waals surface area contributed by atoms with Crippen LogP contribution in [0.2, 0.25) is 5.02 Å². The van der Waals surface area contributed by atoms with Crippen molar-refractivity contribution in [3.8, 4) is 23.0 Å². The van der Waals surface area contributed by atoms with Gasteiger partial charge in [-0.3, -0.25) is 9.29 Å². The van der Waals surface area contributed by atoms with Gasteiger partial charge in [-0.05, 0) is 66.8 Å². The van der Waals surface area contributed by atoms with Gasteiger partial charge in [-0.1, -0.05) is 35.9 Å². The average molecular weight is 441 g/mol. The largest absolute Gasteiger partial charge is 0.495 e. The molecule has 0 fully saturated rings. The molecule has 0 amide bonds. The summed E-state index contributed by atoms with van der Waals surface area (Å²) in [6, 6.07) is 17.5. The number of hydrogen-bond donors (Lipinski definition) is 1. The van der Waals surface area contributed by atoms with Crippen molar-refractivity contribution < 1.29 is 9.15 Å². The average Bonchev–Trinajstić information content (AvgIpc) is 3.42. The lowest BCUT2D eigenvalue weighted by Gasteiger charge is -2.16. The normalized spacial score (nSPS) is 10.9. The van der Waals surface area contributed by atoms with Crippen molar-refractivity contribution in [2.45, 2.75) is 13.3 Å². The molecule has 4 rings (SSSR count). The lowest BCUT2D eigenvalue weighted by molar-refractivity contribution is 0.412. The smallest absolute Gasteiger partial charge is 0.239 e. The molecule has 4 aromatic rings. The van der Waals surface area contributed by atoms with Gasteiger partial charge in [0.05, 0.1) is 19.1 Å². The van der Waals surface area contributed by atoms with Gasteiger partial charge in [-0.25, -0.2) is 0 Å². The van der Waals surface area contributed by atoms with Gasteiger partial charge in [0.1, 0.15) is 5.75 Å². The molecule has 0 aliphatic rings. The second kappa shape index (κ2) is 9.28. The molecule has 8 heteroatoms. The number of para-hydroxylation sites is 1. The highest BCUT2D eigenvalue weighted by Gasteiger charge is 2.21. The third kappa shape index (κ3) is 4.32. The van der Waals surface area contributed by atoms with E-state index in [0.29, 0.717) is 17.5 Å². The van der Waals surface area contributed by atoms with Gasteiger partial charge in [0.15, 0.2) is 5.76 Å². The van der Waals surface area contributed by atoms with E-state index in [1.807, 2.05) is 66.1 Å². The standard InChI is InChI=1S/C22H21ClN4O2S/c1-15-5-3-6-18(28-2)20(15)27-21(19-7-4-13-29-19)24-25-22(27)26-30-14-12-16-8-10-17(23)11-9-16/h3-11,13H,12,14H2,1-2H3,(H,25,26). The summed E-state index contributed by atoms with van der Waals surface area (Å²) in [4.78, 5) is 0. The summed E-state index contributed by atoms with van der Waals surface area (Å²) in [5.74, 6) is 3.43. The molecule has 2 aromatic carbocycles. The molecule has 0 aliphatic carbocycles. The number of ether oxygens (including phenoxy) is 1. The Hall–Kier alpha value is -2.90. The van der Waals surface area contributed by atoms with Crippen LogP contribution in [0.15, 0.2) is 65.3 Å². The summed E-state index contributed by atoms with van der Waals surface area (Å²) < 4.78 is 16.5. The first-order valence-electron chi connectivity index (χ1n) is 9.43. The molecule has 0 saturated heterocycles. The number of rotatable bonds is 8. The summed E-state index contributed by atoms with van der Waals surface area (Å²) in [5.41, 5.74) is 3.14. The molecule has 0 atom stereocenters. The maximum absolute atomic E-state index is 5.96. The summed E-state index contributed by atoms with van der Waals surface area (Å²) in [7, 11) is 1.66. The third-order valence-corrected chi connectivity index (χ3v) is 5.61. The van der Waals surface area contributed by atoms with Crippen LogP contribution >= 0.6 is 23.5 Å². The number of benzene rings is 2. The van der Waals surface area contributed by atoms with Crippen LogP contribution in [-0.4, -0.2) is 27.6 Å². The molecule has 30 heavy (non-hydrogen) atoms. The number of hydrogen-bond acceptors (Lipinski definition) is 6. The van der Waals surface area contributed by atoms with Crippen molar-refractivity contribution in [1.82, 2.24) is 14.8 Å². The van der Waals surface area contributed by atoms with E-state index in [9.17, 15) is 0 Å². The molecular weight excluding hydrogens is 420 g/mol. The molecular formula is C22H21ClN4O2S. The Bertz CT molecular complexity index is 1110. The van der Waals surface area contributed by atoms with Crippen LogP contribution in [0.4, 0.5) is 5.95 Å². The fourth-order valence-corrected chi connectivity index (χ4v) is 3.97. The Morgan fingerprint density at radius 1 is 1.10 bits per heavy atom. The number of nitrogens with zero attached hydrogens (tertiary/aromatic N) is 3. The van der Waals surface area contributed by atoms with Crippen LogP contribution in [0.25, 0.3) is 17.3 Å². The molecule has 0 aliphatic heterocycles. The van der Waals surface area contributed by atoms with Crippen molar-refractivity contribution in [2.75, 3.05) is 17.6 Å². The molecule has 2 aromatic heterocycles. The van der Waals surface area contributed by atoms with Crippen LogP contribution < -0.4 is 9.46 Å². The summed E-state index contributed by atoms with van der Waals surface area (Å²) in [6.07, 6.45) is 2.53. The van der Waals surface area contributed by atoms with Gasteiger partial charge in [0, 0.05) is 10.8 Å². The summed E-state index contributed by atoms with van der Waals surface area (Å²) in [6.45, 7) is 2.03. The zero-order valence-corrected chi connectivity index (χ0v) is 18.2. The molecule has 6 nitrogen and oxygen atoms in total. The van der Waals surface area contributed by atoms with Gasteiger partial charge in [0.25, 0.3) is 0 Å². The van der Waals surface area contributed by atoms with Crippen molar-refractivity contribution in [3.63, 3.8) is 0 Å². The van der Waals surface area contributed by atoms with Gasteiger partial charge in [-0.15, -0.1) is 10.2 Å². The number of halogens is 1. The maximum atomic E-state index is 5.96. The molecule has 0 saturated carbocycles. The highest BCUT2D eigenvalue weighted by atomic mass is 35.5. The van der Waals surface area contributed by atoms with E-state index in [4.69, 9.17) is 20.8 Å². The van der Waals surface area contributed by atoms with Gasteiger partial charge >= 0.3 is 0 Å². The number of aryl methyl sites for hydroxylation is 2. The molecule has 1 N–H and O–H groups in total. The first-order valence-corrected chi connectivity index (χ1v) is 10.8. The Labute approximate surface area is 184 Å². The van der Waals surface area contributed by atoms with E-state index in [1.165, 1.54) is 5.56 Å². The van der Waals surface area contributed by atoms with E-state index < -0.39 is 0 Å². The second-order valence-electron chi connectivity index (χ2n) is 6.61. The quantitative estimate of drug-likeness (QED) is 0.276. The van der Waals surface area contributed by atoms with Gasteiger partial charge < -0.3 is 9.15 Å². The molecule has 0 radical (unpaired) electrons. The highest BCUT2D eigenvalue weighted by Crippen LogP contribution is 2.34. The number of anilines is 1. The Kier molecular flexibility index (Phi) is 6.30. The van der Waals surface area contributed by atoms with E-state index in [-0.39, 0.29) is 0 Å². The number of aromatic nitrogens is 3. The minimum Gasteiger partial charge on any atom is -0.495 e. The summed E-state index contributed by atoms with van der Waals surface area (Å²) in [5, 5.41) is 9.49. The number of furan rings is 1. The van der Waals surface area contributed by atoms with Crippen molar-refractivity contribution in [3.05, 3.63) is 77.0 Å². The highest BCUT2D eigenvalue weighted by molar-refractivity contribution is 8.00. The zero-order valence-electron chi connectivity index (χ0n) is 16.6. The lowest BCUT2D eigenvalue weighted by Crippen LogP contribution is -2.06. The van der Waals surface area contributed by atoms with Crippen molar-refractivity contribution >= 4 is 29.5 Å². The van der Waals surface area contributed by atoms with Crippen LogP contribution in [-0.2, 0) is 6.42 Å². The predicted octanol–water partition coefficient (Wildman–Crippen LogP) is 5.80. The summed E-state index contributed by atoms with van der Waals surface area (Å²) >= 11 is 7.52. The van der Waals surface area contributed by atoms with Gasteiger partial charge in [-0.2, -0.15) is 0 Å². The van der Waals surface area contributed by atoms with Crippen LogP contribution in [0.5, 0.6) is 5.75 Å². The van der Waals surface area contributed by atoms with Crippen molar-refractivity contribution in [1.29, 1.82) is 0 Å². The second-order valence-corrected chi connectivity index (χ2v) is 7.95. The lowest BCUT2D eigenvalue weighted by atomic mass is 10.1.